The number of benzene rings is 2. The van der Waals surface area contributed by atoms with Crippen LogP contribution in [0.15, 0.2) is 42.6 Å². The summed E-state index contributed by atoms with van der Waals surface area (Å²) in [5.74, 6) is -2.95. The van der Waals surface area contributed by atoms with Crippen molar-refractivity contribution in [3.8, 4) is 11.8 Å². The van der Waals surface area contributed by atoms with E-state index in [0.29, 0.717) is 22.8 Å². The van der Waals surface area contributed by atoms with Crippen LogP contribution in [0.4, 0.5) is 37.6 Å². The van der Waals surface area contributed by atoms with E-state index in [-0.39, 0.29) is 29.7 Å². The average molecular weight is 521 g/mol. The van der Waals surface area contributed by atoms with E-state index in [0.717, 1.165) is 37.8 Å². The van der Waals surface area contributed by atoms with E-state index in [9.17, 15) is 23.9 Å². The number of carbonyl (C=O) groups excluding carboxylic acids is 1. The molecule has 2 N–H and O–H groups in total. The van der Waals surface area contributed by atoms with Gasteiger partial charge in [0.05, 0.1) is 29.6 Å². The van der Waals surface area contributed by atoms with E-state index >= 15 is 0 Å². The molecule has 196 valence electrons. The molecule has 0 radical (unpaired) electrons. The van der Waals surface area contributed by atoms with Gasteiger partial charge in [-0.1, -0.05) is 6.07 Å². The summed E-state index contributed by atoms with van der Waals surface area (Å²) in [4.78, 5) is 26.2. The van der Waals surface area contributed by atoms with Crippen LogP contribution in [0.25, 0.3) is 0 Å². The minimum absolute atomic E-state index is 0.0120. The van der Waals surface area contributed by atoms with Crippen molar-refractivity contribution >= 4 is 34.7 Å². The predicted octanol–water partition coefficient (Wildman–Crippen LogP) is 4.91. The Morgan fingerprint density at radius 3 is 2.53 bits per heavy atom. The zero-order valence-corrected chi connectivity index (χ0v) is 20.9. The second-order valence-electron chi connectivity index (χ2n) is 9.40. The minimum atomic E-state index is -1.12. The highest BCUT2D eigenvalue weighted by atomic mass is 19.1. The molecule has 0 spiro atoms. The summed E-state index contributed by atoms with van der Waals surface area (Å²) < 4.78 is 33.4. The van der Waals surface area contributed by atoms with E-state index < -0.39 is 23.4 Å². The van der Waals surface area contributed by atoms with Crippen molar-refractivity contribution in [2.75, 3.05) is 22.2 Å². The van der Waals surface area contributed by atoms with Crippen molar-refractivity contribution in [2.45, 2.75) is 50.8 Å². The number of hydrogen-bond donors (Lipinski definition) is 2. The van der Waals surface area contributed by atoms with E-state index in [1.165, 1.54) is 11.1 Å². The van der Waals surface area contributed by atoms with Gasteiger partial charge in [-0.05, 0) is 50.8 Å². The van der Waals surface area contributed by atoms with Crippen LogP contribution >= 0.6 is 0 Å². The van der Waals surface area contributed by atoms with Crippen molar-refractivity contribution in [2.24, 2.45) is 0 Å². The van der Waals surface area contributed by atoms with Crippen LogP contribution in [0.3, 0.4) is 0 Å². The molecule has 1 aliphatic carbocycles. The van der Waals surface area contributed by atoms with E-state index in [2.05, 4.69) is 16.4 Å². The zero-order chi connectivity index (χ0) is 27.0. The summed E-state index contributed by atoms with van der Waals surface area (Å²) in [6.45, 7) is 1.81. The van der Waals surface area contributed by atoms with Gasteiger partial charge in [-0.15, -0.1) is 0 Å². The molecule has 0 bridgehead atoms. The van der Waals surface area contributed by atoms with Crippen molar-refractivity contribution in [3.63, 3.8) is 0 Å². The lowest BCUT2D eigenvalue weighted by Crippen LogP contribution is -2.55. The molecule has 2 aromatic carbocycles. The summed E-state index contributed by atoms with van der Waals surface area (Å²) in [6, 6.07) is 10.1. The molecule has 38 heavy (non-hydrogen) atoms. The Morgan fingerprint density at radius 1 is 1.16 bits per heavy atom. The van der Waals surface area contributed by atoms with E-state index in [1.54, 1.807) is 31.4 Å². The lowest BCUT2D eigenvalue weighted by atomic mass is 9.90. The van der Waals surface area contributed by atoms with Crippen LogP contribution in [-0.4, -0.2) is 46.3 Å². The molecule has 1 amide bonds. The van der Waals surface area contributed by atoms with E-state index in [1.807, 2.05) is 11.8 Å². The number of nitrogens with zero attached hydrogens (tertiary/aromatic N) is 5. The SMILES string of the molecule is CO[C@H]1CC[C@H](N2c3nc(Nc4cc(F)c(O)c(F)c4)ncc3N(c3cccc(C#N)c3)C(=O)[C@H]2C)CC1. The molecule has 2 heterocycles. The van der Waals surface area contributed by atoms with Gasteiger partial charge in [0.1, 0.15) is 11.7 Å². The number of aromatic nitrogens is 2. The number of rotatable bonds is 5. The van der Waals surface area contributed by atoms with E-state index in [4.69, 9.17) is 9.72 Å². The Bertz CT molecular complexity index is 1400. The molecule has 9 nitrogen and oxygen atoms in total. The van der Waals surface area contributed by atoms with Crippen LogP contribution in [-0.2, 0) is 9.53 Å². The summed E-state index contributed by atoms with van der Waals surface area (Å²) >= 11 is 0. The van der Waals surface area contributed by atoms with Gasteiger partial charge in [0.15, 0.2) is 23.2 Å². The highest BCUT2D eigenvalue weighted by Gasteiger charge is 2.42. The van der Waals surface area contributed by atoms with Crippen molar-refractivity contribution < 1.29 is 23.4 Å². The fraction of sp³-hybridized carbons (Fsp3) is 0.333. The Balaban J connectivity index is 1.58. The first-order valence-electron chi connectivity index (χ1n) is 12.3. The minimum Gasteiger partial charge on any atom is -0.503 e. The van der Waals surface area contributed by atoms with Gasteiger partial charge in [-0.25, -0.2) is 13.8 Å². The van der Waals surface area contributed by atoms with Gasteiger partial charge in [-0.3, -0.25) is 9.69 Å². The number of ether oxygens (including phenoxy) is 1. The number of halogens is 2. The number of hydrogen-bond acceptors (Lipinski definition) is 8. The quantitative estimate of drug-likeness (QED) is 0.457. The number of aromatic hydroxyl groups is 1. The molecule has 1 aromatic heterocycles. The molecule has 2 aliphatic rings. The van der Waals surface area contributed by atoms with Crippen LogP contribution in [0.2, 0.25) is 0 Å². The number of nitrogens with one attached hydrogen (secondary N) is 1. The average Bonchev–Trinajstić information content (AvgIpc) is 2.93. The number of anilines is 5. The smallest absolute Gasteiger partial charge is 0.254 e. The van der Waals surface area contributed by atoms with Crippen LogP contribution < -0.4 is 15.1 Å². The van der Waals surface area contributed by atoms with Gasteiger partial charge in [0.2, 0.25) is 5.95 Å². The maximum Gasteiger partial charge on any atom is 0.254 e. The maximum absolute atomic E-state index is 13.9. The third-order valence-electron chi connectivity index (χ3n) is 7.11. The van der Waals surface area contributed by atoms with Crippen LogP contribution in [0.1, 0.15) is 38.2 Å². The number of phenols is 1. The van der Waals surface area contributed by atoms with Gasteiger partial charge < -0.3 is 20.1 Å². The van der Waals surface area contributed by atoms with Gasteiger partial charge in [-0.2, -0.15) is 10.2 Å². The predicted molar refractivity (Wildman–Crippen MR) is 137 cm³/mol. The molecule has 3 aromatic rings. The third kappa shape index (κ3) is 4.59. The number of fused-ring (bicyclic) bond motifs is 1. The Morgan fingerprint density at radius 2 is 1.87 bits per heavy atom. The largest absolute Gasteiger partial charge is 0.503 e. The Hall–Kier alpha value is -4.30. The molecular formula is C27H26F2N6O3. The lowest BCUT2D eigenvalue weighted by molar-refractivity contribution is -0.119. The summed E-state index contributed by atoms with van der Waals surface area (Å²) in [5.41, 5.74) is 1.37. The highest BCUT2D eigenvalue weighted by Crippen LogP contribution is 2.43. The first kappa shape index (κ1) is 25.4. The molecular weight excluding hydrogens is 494 g/mol. The van der Waals surface area contributed by atoms with Gasteiger partial charge in [0, 0.05) is 31.0 Å². The second kappa shape index (κ2) is 10.2. The molecule has 1 saturated carbocycles. The number of amides is 1. The molecule has 1 atom stereocenters. The fourth-order valence-electron chi connectivity index (χ4n) is 5.18. The normalized spacial score (nSPS) is 21.1. The molecule has 5 rings (SSSR count). The molecule has 1 fully saturated rings. The number of carbonyl (C=O) groups is 1. The Kier molecular flexibility index (Phi) is 6.82. The zero-order valence-electron chi connectivity index (χ0n) is 20.9. The van der Waals surface area contributed by atoms with Crippen LogP contribution in [0, 0.1) is 23.0 Å². The maximum atomic E-state index is 13.9. The number of phenolic OH excluding ortho intramolecular Hbond substituents is 1. The number of nitriles is 1. The van der Waals surface area contributed by atoms with Crippen molar-refractivity contribution in [1.82, 2.24) is 9.97 Å². The molecule has 0 saturated heterocycles. The van der Waals surface area contributed by atoms with Gasteiger partial charge >= 0.3 is 0 Å². The standard InChI is InChI=1S/C27H26F2N6O3/c1-15-26(37)35(19-5-3-4-16(10-19)13-30)23-14-31-27(32-17-11-21(28)24(36)22(29)12-17)33-25(23)34(15)18-6-8-20(38-2)9-7-18/h3-5,10-12,14-15,18,20,36H,6-9H2,1-2H3,(H,31,32,33)/t15-,18-,20-/m1/s1. The monoisotopic (exact) mass is 520 g/mol. The lowest BCUT2D eigenvalue weighted by Gasteiger charge is -2.46. The molecule has 11 heteroatoms. The Labute approximate surface area is 218 Å². The first-order valence-corrected chi connectivity index (χ1v) is 12.3. The molecule has 0 unspecified atom stereocenters. The molecule has 1 aliphatic heterocycles. The summed E-state index contributed by atoms with van der Waals surface area (Å²) in [7, 11) is 1.70. The fourth-order valence-corrected chi connectivity index (χ4v) is 5.18. The summed E-state index contributed by atoms with van der Waals surface area (Å²) in [5, 5.41) is 21.6. The first-order chi connectivity index (χ1) is 18.3. The topological polar surface area (TPSA) is 115 Å². The third-order valence-corrected chi connectivity index (χ3v) is 7.11. The van der Waals surface area contributed by atoms with Crippen molar-refractivity contribution in [3.05, 3.63) is 59.8 Å². The highest BCUT2D eigenvalue weighted by molar-refractivity contribution is 6.10. The van der Waals surface area contributed by atoms with Crippen molar-refractivity contribution in [1.29, 1.82) is 5.26 Å². The number of methoxy groups -OCH3 is 1. The summed E-state index contributed by atoms with van der Waals surface area (Å²) in [6.07, 6.45) is 4.90. The van der Waals surface area contributed by atoms with Crippen LogP contribution in [0.5, 0.6) is 5.75 Å². The second-order valence-corrected chi connectivity index (χ2v) is 9.40. The van der Waals surface area contributed by atoms with Gasteiger partial charge in [0.25, 0.3) is 5.91 Å².